The number of aryl methyl sites for hydroxylation is 1. The van der Waals surface area contributed by atoms with Crippen molar-refractivity contribution >= 4 is 17.5 Å². The Balaban J connectivity index is 1.85. The van der Waals surface area contributed by atoms with E-state index in [2.05, 4.69) is 5.32 Å². The minimum absolute atomic E-state index is 0.203. The van der Waals surface area contributed by atoms with Crippen LogP contribution in [0.1, 0.15) is 25.3 Å². The molecule has 1 amide bonds. The van der Waals surface area contributed by atoms with Gasteiger partial charge in [-0.2, -0.15) is 0 Å². The van der Waals surface area contributed by atoms with E-state index < -0.39 is 0 Å². The summed E-state index contributed by atoms with van der Waals surface area (Å²) in [5, 5.41) is 3.48. The number of piperidine rings is 1. The second-order valence-electron chi connectivity index (χ2n) is 5.18. The molecule has 0 atom stereocenters. The molecule has 1 aliphatic heterocycles. The normalized spacial score (nSPS) is 16.0. The minimum atomic E-state index is -0.203. The second kappa shape index (κ2) is 6.50. The van der Waals surface area contributed by atoms with E-state index in [-0.39, 0.29) is 6.09 Å². The molecule has 20 heavy (non-hydrogen) atoms. The molecule has 1 heterocycles. The zero-order valence-corrected chi connectivity index (χ0v) is 12.2. The van der Waals surface area contributed by atoms with Crippen LogP contribution in [0.25, 0.3) is 0 Å². The Morgan fingerprint density at radius 3 is 2.75 bits per heavy atom. The van der Waals surface area contributed by atoms with Gasteiger partial charge in [-0.1, -0.05) is 6.07 Å². The van der Waals surface area contributed by atoms with E-state index in [1.807, 2.05) is 32.0 Å². The van der Waals surface area contributed by atoms with E-state index in [0.717, 1.165) is 42.9 Å². The van der Waals surface area contributed by atoms with E-state index in [4.69, 9.17) is 10.5 Å². The van der Waals surface area contributed by atoms with Gasteiger partial charge in [0.1, 0.15) is 0 Å². The van der Waals surface area contributed by atoms with Crippen molar-refractivity contribution in [1.29, 1.82) is 0 Å². The fourth-order valence-electron chi connectivity index (χ4n) is 2.39. The number of carbonyl (C=O) groups excluding carboxylic acids is 1. The third-order valence-corrected chi connectivity index (χ3v) is 3.67. The van der Waals surface area contributed by atoms with Gasteiger partial charge in [0, 0.05) is 30.5 Å². The van der Waals surface area contributed by atoms with Gasteiger partial charge in [-0.15, -0.1) is 0 Å². The highest BCUT2D eigenvalue weighted by molar-refractivity contribution is 5.67. The van der Waals surface area contributed by atoms with Crippen LogP contribution in [0, 0.1) is 6.92 Å². The van der Waals surface area contributed by atoms with Gasteiger partial charge in [-0.25, -0.2) is 4.79 Å². The summed E-state index contributed by atoms with van der Waals surface area (Å²) in [6.45, 7) is 5.72. The molecule has 1 aliphatic rings. The molecular weight excluding hydrogens is 254 g/mol. The number of ether oxygens (including phenoxy) is 1. The van der Waals surface area contributed by atoms with Crippen molar-refractivity contribution in [2.24, 2.45) is 0 Å². The molecule has 5 heteroatoms. The number of benzene rings is 1. The number of carbonyl (C=O) groups is 1. The lowest BCUT2D eigenvalue weighted by atomic mass is 10.0. The van der Waals surface area contributed by atoms with Crippen LogP contribution in [0.4, 0.5) is 16.2 Å². The fourth-order valence-corrected chi connectivity index (χ4v) is 2.39. The molecule has 110 valence electrons. The molecule has 0 spiro atoms. The van der Waals surface area contributed by atoms with Crippen LogP contribution >= 0.6 is 0 Å². The van der Waals surface area contributed by atoms with Gasteiger partial charge in [0.05, 0.1) is 6.61 Å². The van der Waals surface area contributed by atoms with Crippen LogP contribution < -0.4 is 11.1 Å². The number of likely N-dealkylation sites (tertiary alicyclic amines) is 1. The summed E-state index contributed by atoms with van der Waals surface area (Å²) in [6.07, 6.45) is 1.64. The molecule has 3 N–H and O–H groups in total. The SMILES string of the molecule is CCOC(=O)N1CCC(Nc2ccc(C)c(N)c2)CC1. The zero-order valence-electron chi connectivity index (χ0n) is 12.2. The Labute approximate surface area is 120 Å². The van der Waals surface area contributed by atoms with Crippen molar-refractivity contribution in [2.75, 3.05) is 30.7 Å². The second-order valence-corrected chi connectivity index (χ2v) is 5.18. The zero-order chi connectivity index (χ0) is 14.5. The summed E-state index contributed by atoms with van der Waals surface area (Å²) in [4.78, 5) is 13.4. The number of hydrogen-bond acceptors (Lipinski definition) is 4. The first-order chi connectivity index (χ1) is 9.60. The topological polar surface area (TPSA) is 67.6 Å². The highest BCUT2D eigenvalue weighted by atomic mass is 16.6. The van der Waals surface area contributed by atoms with Gasteiger partial charge >= 0.3 is 6.09 Å². The number of rotatable bonds is 3. The molecule has 5 nitrogen and oxygen atoms in total. The number of nitrogens with zero attached hydrogens (tertiary/aromatic N) is 1. The first kappa shape index (κ1) is 14.5. The lowest BCUT2D eigenvalue weighted by Gasteiger charge is -2.32. The maximum absolute atomic E-state index is 11.6. The fraction of sp³-hybridized carbons (Fsp3) is 0.533. The standard InChI is InChI=1S/C15H23N3O2/c1-3-20-15(19)18-8-6-12(7-9-18)17-13-5-4-11(2)14(16)10-13/h4-5,10,12,17H,3,6-9,16H2,1-2H3. The molecular formula is C15H23N3O2. The molecule has 0 bridgehead atoms. The molecule has 1 aromatic rings. The Bertz CT molecular complexity index is 468. The Morgan fingerprint density at radius 1 is 1.45 bits per heavy atom. The number of amides is 1. The van der Waals surface area contributed by atoms with Crippen molar-refractivity contribution in [3.63, 3.8) is 0 Å². The largest absolute Gasteiger partial charge is 0.450 e. The van der Waals surface area contributed by atoms with Crippen LogP contribution in [-0.4, -0.2) is 36.7 Å². The van der Waals surface area contributed by atoms with Crippen LogP contribution in [0.3, 0.4) is 0 Å². The number of nitrogens with one attached hydrogen (secondary N) is 1. The minimum Gasteiger partial charge on any atom is -0.450 e. The third-order valence-electron chi connectivity index (χ3n) is 3.67. The maximum Gasteiger partial charge on any atom is 0.409 e. The highest BCUT2D eigenvalue weighted by Gasteiger charge is 2.23. The predicted octanol–water partition coefficient (Wildman–Crippen LogP) is 2.61. The molecule has 0 unspecified atom stereocenters. The first-order valence-electron chi connectivity index (χ1n) is 7.14. The smallest absolute Gasteiger partial charge is 0.409 e. The van der Waals surface area contributed by atoms with Gasteiger partial charge in [-0.3, -0.25) is 0 Å². The van der Waals surface area contributed by atoms with Crippen LogP contribution in [0.2, 0.25) is 0 Å². The van der Waals surface area contributed by atoms with Gasteiger partial charge in [-0.05, 0) is 44.4 Å². The number of nitrogen functional groups attached to an aromatic ring is 1. The highest BCUT2D eigenvalue weighted by Crippen LogP contribution is 2.21. The molecule has 2 rings (SSSR count). The van der Waals surface area contributed by atoms with Crippen LogP contribution in [0.5, 0.6) is 0 Å². The average molecular weight is 277 g/mol. The van der Waals surface area contributed by atoms with E-state index in [1.165, 1.54) is 0 Å². The molecule has 1 aromatic carbocycles. The van der Waals surface area contributed by atoms with Crippen molar-refractivity contribution in [2.45, 2.75) is 32.7 Å². The van der Waals surface area contributed by atoms with E-state index in [0.29, 0.717) is 12.6 Å². The van der Waals surface area contributed by atoms with Crippen LogP contribution in [0.15, 0.2) is 18.2 Å². The monoisotopic (exact) mass is 277 g/mol. The van der Waals surface area contributed by atoms with Crippen molar-refractivity contribution in [1.82, 2.24) is 4.90 Å². The van der Waals surface area contributed by atoms with E-state index >= 15 is 0 Å². The van der Waals surface area contributed by atoms with E-state index in [9.17, 15) is 4.79 Å². The van der Waals surface area contributed by atoms with Crippen molar-refractivity contribution in [3.05, 3.63) is 23.8 Å². The Kier molecular flexibility index (Phi) is 4.71. The molecule has 0 saturated carbocycles. The summed E-state index contributed by atoms with van der Waals surface area (Å²) < 4.78 is 5.01. The van der Waals surface area contributed by atoms with Gasteiger partial charge in [0.25, 0.3) is 0 Å². The maximum atomic E-state index is 11.6. The predicted molar refractivity (Wildman–Crippen MR) is 80.8 cm³/mol. The first-order valence-corrected chi connectivity index (χ1v) is 7.14. The summed E-state index contributed by atoms with van der Waals surface area (Å²) in [5.41, 5.74) is 8.85. The number of hydrogen-bond donors (Lipinski definition) is 2. The lowest BCUT2D eigenvalue weighted by Crippen LogP contribution is -2.42. The van der Waals surface area contributed by atoms with Gasteiger partial charge in [0.15, 0.2) is 0 Å². The van der Waals surface area contributed by atoms with Crippen molar-refractivity contribution in [3.8, 4) is 0 Å². The molecule has 0 aromatic heterocycles. The Hall–Kier alpha value is -1.91. The Morgan fingerprint density at radius 2 is 2.15 bits per heavy atom. The summed E-state index contributed by atoms with van der Waals surface area (Å²) in [5.74, 6) is 0. The molecule has 1 saturated heterocycles. The average Bonchev–Trinajstić information content (AvgIpc) is 2.44. The molecule has 0 radical (unpaired) electrons. The van der Waals surface area contributed by atoms with Crippen molar-refractivity contribution < 1.29 is 9.53 Å². The molecule has 1 fully saturated rings. The van der Waals surface area contributed by atoms with Gasteiger partial charge < -0.3 is 20.7 Å². The number of nitrogens with two attached hydrogens (primary N) is 1. The summed E-state index contributed by atoms with van der Waals surface area (Å²) >= 11 is 0. The van der Waals surface area contributed by atoms with E-state index in [1.54, 1.807) is 4.90 Å². The van der Waals surface area contributed by atoms with Gasteiger partial charge in [0.2, 0.25) is 0 Å². The lowest BCUT2D eigenvalue weighted by molar-refractivity contribution is 0.0983. The number of anilines is 2. The summed E-state index contributed by atoms with van der Waals surface area (Å²) in [6, 6.07) is 6.41. The quantitative estimate of drug-likeness (QED) is 0.833. The third kappa shape index (κ3) is 3.56. The molecule has 0 aliphatic carbocycles. The summed E-state index contributed by atoms with van der Waals surface area (Å²) in [7, 11) is 0. The van der Waals surface area contributed by atoms with Crippen LogP contribution in [-0.2, 0) is 4.74 Å².